The van der Waals surface area contributed by atoms with E-state index < -0.39 is 5.54 Å². The summed E-state index contributed by atoms with van der Waals surface area (Å²) < 4.78 is 0. The van der Waals surface area contributed by atoms with Crippen molar-refractivity contribution >= 4 is 34.8 Å². The van der Waals surface area contributed by atoms with E-state index in [1.165, 1.54) is 0 Å². The maximum absolute atomic E-state index is 13.5. The van der Waals surface area contributed by atoms with Gasteiger partial charge in [0.25, 0.3) is 11.8 Å². The first-order valence-corrected chi connectivity index (χ1v) is 9.82. The zero-order chi connectivity index (χ0) is 20.6. The molecule has 146 valence electrons. The summed E-state index contributed by atoms with van der Waals surface area (Å²) in [5, 5.41) is 0.560. The smallest absolute Gasteiger partial charge is 0.259 e. The first kappa shape index (κ1) is 19.2. The van der Waals surface area contributed by atoms with Gasteiger partial charge in [0.05, 0.1) is 17.9 Å². The molecule has 0 radical (unpaired) electrons. The Bertz CT molecular complexity index is 1060. The third kappa shape index (κ3) is 3.40. The van der Waals surface area contributed by atoms with Gasteiger partial charge in [-0.25, -0.2) is 0 Å². The minimum atomic E-state index is -1.04. The third-order valence-corrected chi connectivity index (χ3v) is 5.47. The second-order valence-electron chi connectivity index (χ2n) is 7.57. The maximum Gasteiger partial charge on any atom is 0.259 e. The standard InChI is InChI=1S/C24H21ClN2O2/c1-24(2)23(29)26(16-17-8-4-3-5-9-17)20-10-6-7-11-21(20)27(24)22(28)18-12-14-19(25)15-13-18/h3-15H,16H2,1-2H3. The molecule has 3 aromatic carbocycles. The van der Waals surface area contributed by atoms with E-state index in [4.69, 9.17) is 11.6 Å². The van der Waals surface area contributed by atoms with E-state index in [0.717, 1.165) is 11.3 Å². The molecule has 0 atom stereocenters. The van der Waals surface area contributed by atoms with Gasteiger partial charge in [-0.3, -0.25) is 14.5 Å². The summed E-state index contributed by atoms with van der Waals surface area (Å²) in [6.45, 7) is 4.03. The highest BCUT2D eigenvalue weighted by Gasteiger charge is 2.47. The summed E-state index contributed by atoms with van der Waals surface area (Å²) in [5.74, 6) is -0.353. The second kappa shape index (κ2) is 7.37. The van der Waals surface area contributed by atoms with Crippen molar-refractivity contribution in [2.75, 3.05) is 9.80 Å². The Morgan fingerprint density at radius 3 is 2.10 bits per heavy atom. The summed E-state index contributed by atoms with van der Waals surface area (Å²) in [5.41, 5.74) is 1.92. The zero-order valence-corrected chi connectivity index (χ0v) is 17.1. The van der Waals surface area contributed by atoms with Gasteiger partial charge in [0, 0.05) is 10.6 Å². The lowest BCUT2D eigenvalue weighted by Gasteiger charge is -2.46. The Kier molecular flexibility index (Phi) is 4.89. The number of para-hydroxylation sites is 2. The van der Waals surface area contributed by atoms with E-state index >= 15 is 0 Å². The van der Waals surface area contributed by atoms with Crippen LogP contribution in [0.2, 0.25) is 5.02 Å². The molecule has 4 nitrogen and oxygen atoms in total. The molecule has 0 bridgehead atoms. The van der Waals surface area contributed by atoms with Crippen LogP contribution in [0.25, 0.3) is 0 Å². The summed E-state index contributed by atoms with van der Waals surface area (Å²) in [6, 6.07) is 24.1. The average molecular weight is 405 g/mol. The van der Waals surface area contributed by atoms with Crippen molar-refractivity contribution in [3.8, 4) is 0 Å². The summed E-state index contributed by atoms with van der Waals surface area (Å²) in [7, 11) is 0. The fraction of sp³-hybridized carbons (Fsp3) is 0.167. The monoisotopic (exact) mass is 404 g/mol. The van der Waals surface area contributed by atoms with Crippen LogP contribution in [0.1, 0.15) is 29.8 Å². The van der Waals surface area contributed by atoms with Crippen molar-refractivity contribution in [3.05, 3.63) is 95.0 Å². The number of carbonyl (C=O) groups excluding carboxylic acids is 2. The topological polar surface area (TPSA) is 40.6 Å². The number of benzene rings is 3. The molecule has 1 aliphatic rings. The Labute approximate surface area is 175 Å². The number of anilines is 2. The molecule has 1 aliphatic heterocycles. The molecule has 0 unspecified atom stereocenters. The number of hydrogen-bond acceptors (Lipinski definition) is 2. The van der Waals surface area contributed by atoms with Crippen LogP contribution in [0.5, 0.6) is 0 Å². The fourth-order valence-corrected chi connectivity index (χ4v) is 3.85. The van der Waals surface area contributed by atoms with E-state index in [9.17, 15) is 9.59 Å². The summed E-state index contributed by atoms with van der Waals surface area (Å²) in [4.78, 5) is 30.3. The van der Waals surface area contributed by atoms with Crippen LogP contribution in [0.15, 0.2) is 78.9 Å². The first-order chi connectivity index (χ1) is 13.9. The number of halogens is 1. The van der Waals surface area contributed by atoms with Crippen LogP contribution in [0.4, 0.5) is 11.4 Å². The fourth-order valence-electron chi connectivity index (χ4n) is 3.73. The van der Waals surface area contributed by atoms with Crippen molar-refractivity contribution < 1.29 is 9.59 Å². The minimum absolute atomic E-state index is 0.123. The summed E-state index contributed by atoms with van der Waals surface area (Å²) in [6.07, 6.45) is 0. The Balaban J connectivity index is 1.80. The molecule has 0 aromatic heterocycles. The quantitative estimate of drug-likeness (QED) is 0.593. The van der Waals surface area contributed by atoms with Gasteiger partial charge in [0.1, 0.15) is 5.54 Å². The Morgan fingerprint density at radius 2 is 1.45 bits per heavy atom. The molecule has 0 saturated carbocycles. The first-order valence-electron chi connectivity index (χ1n) is 9.44. The van der Waals surface area contributed by atoms with Crippen LogP contribution in [-0.2, 0) is 11.3 Å². The molecule has 29 heavy (non-hydrogen) atoms. The van der Waals surface area contributed by atoms with Crippen molar-refractivity contribution in [1.82, 2.24) is 0 Å². The number of rotatable bonds is 3. The van der Waals surface area contributed by atoms with Gasteiger partial charge in [-0.2, -0.15) is 0 Å². The molecule has 0 saturated heterocycles. The van der Waals surface area contributed by atoms with E-state index in [-0.39, 0.29) is 11.8 Å². The van der Waals surface area contributed by atoms with Crippen molar-refractivity contribution in [2.45, 2.75) is 25.9 Å². The average Bonchev–Trinajstić information content (AvgIpc) is 2.72. The highest BCUT2D eigenvalue weighted by molar-refractivity contribution is 6.30. The second-order valence-corrected chi connectivity index (χ2v) is 8.01. The molecule has 0 N–H and O–H groups in total. The highest BCUT2D eigenvalue weighted by atomic mass is 35.5. The lowest BCUT2D eigenvalue weighted by Crippen LogP contribution is -2.62. The Hall–Kier alpha value is -3.11. The molecule has 3 aromatic rings. The van der Waals surface area contributed by atoms with Gasteiger partial charge in [-0.05, 0) is 55.8 Å². The number of nitrogens with zero attached hydrogens (tertiary/aromatic N) is 2. The van der Waals surface area contributed by atoms with Crippen LogP contribution in [0.3, 0.4) is 0 Å². The van der Waals surface area contributed by atoms with Gasteiger partial charge in [0.15, 0.2) is 0 Å². The van der Waals surface area contributed by atoms with Gasteiger partial charge < -0.3 is 4.90 Å². The van der Waals surface area contributed by atoms with Crippen molar-refractivity contribution in [3.63, 3.8) is 0 Å². The largest absolute Gasteiger partial charge is 0.304 e. The molecule has 1 heterocycles. The van der Waals surface area contributed by atoms with Crippen LogP contribution in [-0.4, -0.2) is 17.4 Å². The van der Waals surface area contributed by atoms with Crippen molar-refractivity contribution in [1.29, 1.82) is 0 Å². The molecule has 0 fully saturated rings. The van der Waals surface area contributed by atoms with Crippen LogP contribution < -0.4 is 9.80 Å². The normalized spacial score (nSPS) is 15.2. The van der Waals surface area contributed by atoms with Gasteiger partial charge >= 0.3 is 0 Å². The Morgan fingerprint density at radius 1 is 0.862 bits per heavy atom. The van der Waals surface area contributed by atoms with Gasteiger partial charge in [0.2, 0.25) is 0 Å². The number of hydrogen-bond donors (Lipinski definition) is 0. The van der Waals surface area contributed by atoms with E-state index in [1.807, 2.05) is 54.6 Å². The molecule has 5 heteroatoms. The van der Waals surface area contributed by atoms with Gasteiger partial charge in [-0.1, -0.05) is 54.1 Å². The number of fused-ring (bicyclic) bond motifs is 1. The molecule has 0 aliphatic carbocycles. The van der Waals surface area contributed by atoms with E-state index in [2.05, 4.69) is 0 Å². The lowest BCUT2D eigenvalue weighted by atomic mass is 9.93. The third-order valence-electron chi connectivity index (χ3n) is 5.22. The molecule has 2 amide bonds. The van der Waals surface area contributed by atoms with E-state index in [0.29, 0.717) is 22.8 Å². The predicted molar refractivity (Wildman–Crippen MR) is 116 cm³/mol. The molecule has 0 spiro atoms. The maximum atomic E-state index is 13.5. The highest BCUT2D eigenvalue weighted by Crippen LogP contribution is 2.42. The van der Waals surface area contributed by atoms with Gasteiger partial charge in [-0.15, -0.1) is 0 Å². The molecular weight excluding hydrogens is 384 g/mol. The lowest BCUT2D eigenvalue weighted by molar-refractivity contribution is -0.123. The SMILES string of the molecule is CC1(C)C(=O)N(Cc2ccccc2)c2ccccc2N1C(=O)c1ccc(Cl)cc1. The number of amides is 2. The predicted octanol–water partition coefficient (Wildman–Crippen LogP) is 5.31. The summed E-state index contributed by atoms with van der Waals surface area (Å²) >= 11 is 5.97. The minimum Gasteiger partial charge on any atom is -0.304 e. The molecule has 4 rings (SSSR count). The zero-order valence-electron chi connectivity index (χ0n) is 16.3. The van der Waals surface area contributed by atoms with Crippen molar-refractivity contribution in [2.24, 2.45) is 0 Å². The van der Waals surface area contributed by atoms with Crippen LogP contribution in [0, 0.1) is 0 Å². The van der Waals surface area contributed by atoms with Crippen LogP contribution >= 0.6 is 11.6 Å². The van der Waals surface area contributed by atoms with E-state index in [1.54, 1.807) is 47.9 Å². The number of carbonyl (C=O) groups is 2. The molecular formula is C24H21ClN2O2.